The standard InChI is InChI=1S/C13H20N2O2S/c1-11-5-6-13-12(10-11)4-2-8-15(13)18(16,17)9-3-7-14/h5-6,10H,2-4,7-9,14H2,1H3. The van der Waals surface area contributed by atoms with Crippen molar-refractivity contribution in [3.8, 4) is 0 Å². The van der Waals surface area contributed by atoms with Crippen LogP contribution in [0.3, 0.4) is 0 Å². The van der Waals surface area contributed by atoms with Gasteiger partial charge in [-0.25, -0.2) is 8.42 Å². The molecule has 1 aromatic rings. The lowest BCUT2D eigenvalue weighted by molar-refractivity contribution is 0.584. The van der Waals surface area contributed by atoms with Crippen LogP contribution >= 0.6 is 0 Å². The second-order valence-electron chi connectivity index (χ2n) is 4.77. The second-order valence-corrected chi connectivity index (χ2v) is 6.78. The third kappa shape index (κ3) is 2.67. The minimum Gasteiger partial charge on any atom is -0.330 e. The molecule has 0 amide bonds. The van der Waals surface area contributed by atoms with Gasteiger partial charge in [-0.15, -0.1) is 0 Å². The van der Waals surface area contributed by atoms with Gasteiger partial charge in [0.2, 0.25) is 10.0 Å². The predicted octanol–water partition coefficient (Wildman–Crippen LogP) is 1.43. The highest BCUT2D eigenvalue weighted by molar-refractivity contribution is 7.92. The molecule has 0 spiro atoms. The molecule has 1 heterocycles. The summed E-state index contributed by atoms with van der Waals surface area (Å²) in [7, 11) is -3.22. The molecule has 1 aliphatic rings. The van der Waals surface area contributed by atoms with Crippen molar-refractivity contribution in [2.24, 2.45) is 5.73 Å². The van der Waals surface area contributed by atoms with Crippen LogP contribution in [0.2, 0.25) is 0 Å². The number of hydrogen-bond donors (Lipinski definition) is 1. The summed E-state index contributed by atoms with van der Waals surface area (Å²) in [6, 6.07) is 5.97. The predicted molar refractivity (Wildman–Crippen MR) is 74.3 cm³/mol. The van der Waals surface area contributed by atoms with Crippen molar-refractivity contribution < 1.29 is 8.42 Å². The highest BCUT2D eigenvalue weighted by Gasteiger charge is 2.26. The maximum atomic E-state index is 12.3. The van der Waals surface area contributed by atoms with Gasteiger partial charge in [-0.1, -0.05) is 17.7 Å². The van der Waals surface area contributed by atoms with Crippen LogP contribution in [0.25, 0.3) is 0 Å². The van der Waals surface area contributed by atoms with E-state index in [2.05, 4.69) is 6.07 Å². The molecule has 4 nitrogen and oxygen atoms in total. The normalized spacial score (nSPS) is 15.6. The Morgan fingerprint density at radius 1 is 1.39 bits per heavy atom. The van der Waals surface area contributed by atoms with Crippen molar-refractivity contribution in [1.82, 2.24) is 0 Å². The van der Waals surface area contributed by atoms with Crippen LogP contribution in [0.4, 0.5) is 5.69 Å². The van der Waals surface area contributed by atoms with Gasteiger partial charge in [-0.05, 0) is 44.4 Å². The molecule has 18 heavy (non-hydrogen) atoms. The first kappa shape index (κ1) is 13.4. The molecule has 0 unspecified atom stereocenters. The van der Waals surface area contributed by atoms with Gasteiger partial charge >= 0.3 is 0 Å². The van der Waals surface area contributed by atoms with Gasteiger partial charge in [-0.3, -0.25) is 4.31 Å². The first-order valence-corrected chi connectivity index (χ1v) is 7.95. The largest absolute Gasteiger partial charge is 0.330 e. The molecule has 100 valence electrons. The van der Waals surface area contributed by atoms with E-state index in [9.17, 15) is 8.42 Å². The molecule has 0 fully saturated rings. The Kier molecular flexibility index (Phi) is 3.92. The van der Waals surface area contributed by atoms with E-state index in [1.807, 2.05) is 19.1 Å². The Hall–Kier alpha value is -1.07. The van der Waals surface area contributed by atoms with Crippen molar-refractivity contribution >= 4 is 15.7 Å². The van der Waals surface area contributed by atoms with Crippen LogP contribution in [0.5, 0.6) is 0 Å². The third-order valence-corrected chi connectivity index (χ3v) is 5.11. The van der Waals surface area contributed by atoms with Crippen LogP contribution in [0, 0.1) is 6.92 Å². The van der Waals surface area contributed by atoms with Crippen molar-refractivity contribution in [1.29, 1.82) is 0 Å². The average Bonchev–Trinajstić information content (AvgIpc) is 2.35. The third-order valence-electron chi connectivity index (χ3n) is 3.25. The van der Waals surface area contributed by atoms with Crippen molar-refractivity contribution in [2.75, 3.05) is 23.1 Å². The Balaban J connectivity index is 2.33. The lowest BCUT2D eigenvalue weighted by Crippen LogP contribution is -2.37. The summed E-state index contributed by atoms with van der Waals surface area (Å²) in [5, 5.41) is 0. The highest BCUT2D eigenvalue weighted by Crippen LogP contribution is 2.30. The number of sulfonamides is 1. The lowest BCUT2D eigenvalue weighted by atomic mass is 10.0. The fourth-order valence-electron chi connectivity index (χ4n) is 2.36. The van der Waals surface area contributed by atoms with Crippen LogP contribution in [-0.2, 0) is 16.4 Å². The number of anilines is 1. The molecule has 1 aliphatic heterocycles. The first-order chi connectivity index (χ1) is 8.54. The summed E-state index contributed by atoms with van der Waals surface area (Å²) in [6.07, 6.45) is 2.36. The summed E-state index contributed by atoms with van der Waals surface area (Å²) in [5.74, 6) is 0.136. The Labute approximate surface area is 109 Å². The average molecular weight is 268 g/mol. The topological polar surface area (TPSA) is 63.4 Å². The number of aryl methyl sites for hydroxylation is 2. The fraction of sp³-hybridized carbons (Fsp3) is 0.538. The molecule has 5 heteroatoms. The number of nitrogens with zero attached hydrogens (tertiary/aromatic N) is 1. The molecule has 0 aromatic heterocycles. The molecule has 0 saturated heterocycles. The Bertz CT molecular complexity index is 526. The smallest absolute Gasteiger partial charge is 0.235 e. The molecule has 1 aromatic carbocycles. The molecule has 0 saturated carbocycles. The summed E-state index contributed by atoms with van der Waals surface area (Å²) in [5.41, 5.74) is 8.56. The van der Waals surface area contributed by atoms with Crippen LogP contribution < -0.4 is 10.0 Å². The van der Waals surface area contributed by atoms with E-state index < -0.39 is 10.0 Å². The molecular weight excluding hydrogens is 248 g/mol. The zero-order valence-corrected chi connectivity index (χ0v) is 11.5. The van der Waals surface area contributed by atoms with Gasteiger partial charge in [0.1, 0.15) is 0 Å². The second kappa shape index (κ2) is 5.28. The van der Waals surface area contributed by atoms with Crippen LogP contribution in [0.1, 0.15) is 24.0 Å². The van der Waals surface area contributed by atoms with Gasteiger partial charge in [0.15, 0.2) is 0 Å². The Morgan fingerprint density at radius 3 is 2.89 bits per heavy atom. The van der Waals surface area contributed by atoms with Gasteiger partial charge in [0.05, 0.1) is 11.4 Å². The quantitative estimate of drug-likeness (QED) is 0.898. The summed E-state index contributed by atoms with van der Waals surface area (Å²) < 4.78 is 26.1. The van der Waals surface area contributed by atoms with E-state index in [-0.39, 0.29) is 5.75 Å². The number of fused-ring (bicyclic) bond motifs is 1. The molecule has 2 rings (SSSR count). The van der Waals surface area contributed by atoms with E-state index in [0.29, 0.717) is 19.5 Å². The maximum absolute atomic E-state index is 12.3. The maximum Gasteiger partial charge on any atom is 0.235 e. The lowest BCUT2D eigenvalue weighted by Gasteiger charge is -2.30. The fourth-order valence-corrected chi connectivity index (χ4v) is 3.99. The highest BCUT2D eigenvalue weighted by atomic mass is 32.2. The number of rotatable bonds is 4. The zero-order chi connectivity index (χ0) is 13.2. The Morgan fingerprint density at radius 2 is 2.17 bits per heavy atom. The van der Waals surface area contributed by atoms with E-state index in [1.54, 1.807) is 4.31 Å². The molecule has 0 bridgehead atoms. The van der Waals surface area contributed by atoms with Crippen LogP contribution in [-0.4, -0.2) is 27.3 Å². The number of hydrogen-bond acceptors (Lipinski definition) is 3. The molecular formula is C13H20N2O2S. The molecule has 0 atom stereocenters. The van der Waals surface area contributed by atoms with E-state index in [4.69, 9.17) is 5.73 Å². The molecule has 0 radical (unpaired) electrons. The van der Waals surface area contributed by atoms with Gasteiger partial charge in [-0.2, -0.15) is 0 Å². The zero-order valence-electron chi connectivity index (χ0n) is 10.7. The monoisotopic (exact) mass is 268 g/mol. The van der Waals surface area contributed by atoms with Crippen LogP contribution in [0.15, 0.2) is 18.2 Å². The van der Waals surface area contributed by atoms with E-state index >= 15 is 0 Å². The number of nitrogens with two attached hydrogens (primary N) is 1. The summed E-state index contributed by atoms with van der Waals surface area (Å²) >= 11 is 0. The van der Waals surface area contributed by atoms with Crippen molar-refractivity contribution in [2.45, 2.75) is 26.2 Å². The van der Waals surface area contributed by atoms with Crippen molar-refractivity contribution in [3.63, 3.8) is 0 Å². The minimum atomic E-state index is -3.22. The first-order valence-electron chi connectivity index (χ1n) is 6.34. The minimum absolute atomic E-state index is 0.136. The summed E-state index contributed by atoms with van der Waals surface area (Å²) in [6.45, 7) is 3.03. The molecule has 2 N–H and O–H groups in total. The number of benzene rings is 1. The van der Waals surface area contributed by atoms with Crippen molar-refractivity contribution in [3.05, 3.63) is 29.3 Å². The summed E-state index contributed by atoms with van der Waals surface area (Å²) in [4.78, 5) is 0. The van der Waals surface area contributed by atoms with E-state index in [0.717, 1.165) is 24.1 Å². The molecule has 0 aliphatic carbocycles. The van der Waals surface area contributed by atoms with E-state index in [1.165, 1.54) is 5.56 Å². The SMILES string of the molecule is Cc1ccc2c(c1)CCCN2S(=O)(=O)CCCN. The van der Waals surface area contributed by atoms with Gasteiger partial charge in [0.25, 0.3) is 0 Å². The van der Waals surface area contributed by atoms with Gasteiger partial charge in [0, 0.05) is 6.54 Å². The van der Waals surface area contributed by atoms with Gasteiger partial charge < -0.3 is 5.73 Å².